The van der Waals surface area contributed by atoms with Gasteiger partial charge in [-0.05, 0) is 43.5 Å². The number of hydrogen-bond acceptors (Lipinski definition) is 1. The van der Waals surface area contributed by atoms with Crippen molar-refractivity contribution in [1.82, 2.24) is 5.32 Å². The van der Waals surface area contributed by atoms with E-state index in [1.807, 2.05) is 0 Å². The molecule has 0 aromatic heterocycles. The summed E-state index contributed by atoms with van der Waals surface area (Å²) in [5, 5.41) is 3.28. The molecule has 0 saturated carbocycles. The third-order valence-electron chi connectivity index (χ3n) is 2.78. The molecule has 0 bridgehead atoms. The van der Waals surface area contributed by atoms with Crippen LogP contribution in [0.4, 0.5) is 13.2 Å². The van der Waals surface area contributed by atoms with E-state index < -0.39 is 11.7 Å². The van der Waals surface area contributed by atoms with Crippen LogP contribution in [0.25, 0.3) is 0 Å². The summed E-state index contributed by atoms with van der Waals surface area (Å²) in [7, 11) is 0. The van der Waals surface area contributed by atoms with Crippen molar-refractivity contribution in [3.05, 3.63) is 41.8 Å². The van der Waals surface area contributed by atoms with Crippen molar-refractivity contribution < 1.29 is 13.2 Å². The molecule has 1 saturated heterocycles. The normalized spacial score (nSPS) is 22.1. The Morgan fingerprint density at radius 3 is 2.31 bits per heavy atom. The predicted molar refractivity (Wildman–Crippen MR) is 55.7 cm³/mol. The lowest BCUT2D eigenvalue weighted by Gasteiger charge is -2.23. The summed E-state index contributed by atoms with van der Waals surface area (Å²) < 4.78 is 37.0. The lowest BCUT2D eigenvalue weighted by molar-refractivity contribution is -0.137. The van der Waals surface area contributed by atoms with Crippen LogP contribution in [0.5, 0.6) is 0 Å². The fraction of sp³-hybridized carbons (Fsp3) is 0.417. The predicted octanol–water partition coefficient (Wildman–Crippen LogP) is 3.33. The molecule has 1 aromatic rings. The van der Waals surface area contributed by atoms with Gasteiger partial charge in [0.15, 0.2) is 0 Å². The maximum Gasteiger partial charge on any atom is 0.416 e. The average Bonchev–Trinajstić information content (AvgIpc) is 2.29. The van der Waals surface area contributed by atoms with Gasteiger partial charge in [-0.3, -0.25) is 0 Å². The molecule has 1 radical (unpaired) electrons. The average molecular weight is 228 g/mol. The van der Waals surface area contributed by atoms with Gasteiger partial charge in [0.1, 0.15) is 0 Å². The summed E-state index contributed by atoms with van der Waals surface area (Å²) in [6.07, 6.45) is -0.175. The van der Waals surface area contributed by atoms with E-state index in [2.05, 4.69) is 11.7 Å². The Balaban J connectivity index is 2.12. The lowest BCUT2D eigenvalue weighted by atomic mass is 9.97. The molecule has 2 rings (SSSR count). The van der Waals surface area contributed by atoms with Crippen molar-refractivity contribution in [3.63, 3.8) is 0 Å². The minimum Gasteiger partial charge on any atom is -0.310 e. The Morgan fingerprint density at radius 2 is 1.81 bits per heavy atom. The molecule has 1 fully saturated rings. The molecule has 0 aliphatic carbocycles. The van der Waals surface area contributed by atoms with Crippen molar-refractivity contribution in [1.29, 1.82) is 0 Å². The van der Waals surface area contributed by atoms with Crippen LogP contribution in [-0.2, 0) is 6.18 Å². The molecule has 1 aromatic carbocycles. The largest absolute Gasteiger partial charge is 0.416 e. The molecular formula is C12H13F3N. The first kappa shape index (κ1) is 11.5. The Labute approximate surface area is 92.7 Å². The summed E-state index contributed by atoms with van der Waals surface area (Å²) in [5.74, 6) is 0. The molecule has 1 N–H and O–H groups in total. The number of alkyl halides is 3. The third kappa shape index (κ3) is 2.55. The Bertz CT molecular complexity index is 336. The van der Waals surface area contributed by atoms with Gasteiger partial charge in [-0.15, -0.1) is 0 Å². The van der Waals surface area contributed by atoms with E-state index in [-0.39, 0.29) is 6.04 Å². The molecule has 1 unspecified atom stereocenters. The summed E-state index contributed by atoms with van der Waals surface area (Å²) in [4.78, 5) is 0. The molecule has 1 nitrogen and oxygen atoms in total. The molecule has 1 heterocycles. The SMILES string of the molecule is FC(F)(F)c1ccc(C2C[CH]CCN2)cc1. The molecule has 1 atom stereocenters. The van der Waals surface area contributed by atoms with E-state index in [1.165, 1.54) is 0 Å². The number of rotatable bonds is 1. The first-order chi connectivity index (χ1) is 7.57. The van der Waals surface area contributed by atoms with Crippen LogP contribution >= 0.6 is 0 Å². The number of nitrogens with one attached hydrogen (secondary N) is 1. The molecule has 1 aliphatic rings. The smallest absolute Gasteiger partial charge is 0.310 e. The van der Waals surface area contributed by atoms with E-state index in [0.717, 1.165) is 37.1 Å². The van der Waals surface area contributed by atoms with Gasteiger partial charge in [0.2, 0.25) is 0 Å². The zero-order valence-corrected chi connectivity index (χ0v) is 8.72. The van der Waals surface area contributed by atoms with Gasteiger partial charge in [0, 0.05) is 6.04 Å². The maximum absolute atomic E-state index is 12.3. The van der Waals surface area contributed by atoms with Crippen LogP contribution in [0.2, 0.25) is 0 Å². The minimum atomic E-state index is -4.25. The molecule has 87 valence electrons. The molecule has 4 heteroatoms. The van der Waals surface area contributed by atoms with Crippen molar-refractivity contribution in [2.45, 2.75) is 25.1 Å². The Morgan fingerprint density at radius 1 is 1.12 bits per heavy atom. The van der Waals surface area contributed by atoms with Crippen LogP contribution in [0.3, 0.4) is 0 Å². The highest BCUT2D eigenvalue weighted by atomic mass is 19.4. The highest BCUT2D eigenvalue weighted by molar-refractivity contribution is 5.27. The second-order valence-electron chi connectivity index (χ2n) is 3.94. The highest BCUT2D eigenvalue weighted by Crippen LogP contribution is 2.30. The van der Waals surface area contributed by atoms with Gasteiger partial charge < -0.3 is 5.32 Å². The summed E-state index contributed by atoms with van der Waals surface area (Å²) in [6, 6.07) is 5.56. The van der Waals surface area contributed by atoms with Crippen LogP contribution < -0.4 is 5.32 Å². The second-order valence-corrected chi connectivity index (χ2v) is 3.94. The van der Waals surface area contributed by atoms with Gasteiger partial charge in [0.05, 0.1) is 5.56 Å². The van der Waals surface area contributed by atoms with E-state index in [0.29, 0.717) is 0 Å². The first-order valence-electron chi connectivity index (χ1n) is 5.29. The molecular weight excluding hydrogens is 215 g/mol. The van der Waals surface area contributed by atoms with Crippen molar-refractivity contribution in [3.8, 4) is 0 Å². The number of benzene rings is 1. The quantitative estimate of drug-likeness (QED) is 0.777. The zero-order valence-electron chi connectivity index (χ0n) is 8.72. The van der Waals surface area contributed by atoms with E-state index >= 15 is 0 Å². The number of piperidine rings is 1. The van der Waals surface area contributed by atoms with Crippen molar-refractivity contribution in [2.24, 2.45) is 0 Å². The highest BCUT2D eigenvalue weighted by Gasteiger charge is 2.30. The zero-order chi connectivity index (χ0) is 11.6. The van der Waals surface area contributed by atoms with Crippen LogP contribution in [0, 0.1) is 6.42 Å². The topological polar surface area (TPSA) is 12.0 Å². The van der Waals surface area contributed by atoms with Gasteiger partial charge in [-0.2, -0.15) is 13.2 Å². The third-order valence-corrected chi connectivity index (χ3v) is 2.78. The Hall–Kier alpha value is -1.03. The van der Waals surface area contributed by atoms with E-state index in [9.17, 15) is 13.2 Å². The van der Waals surface area contributed by atoms with Crippen LogP contribution in [-0.4, -0.2) is 6.54 Å². The summed E-state index contributed by atoms with van der Waals surface area (Å²) in [6.45, 7) is 0.895. The van der Waals surface area contributed by atoms with Gasteiger partial charge in [-0.25, -0.2) is 0 Å². The first-order valence-corrected chi connectivity index (χ1v) is 5.29. The van der Waals surface area contributed by atoms with E-state index in [1.54, 1.807) is 12.1 Å². The fourth-order valence-corrected chi connectivity index (χ4v) is 1.89. The molecule has 1 aliphatic heterocycles. The fourth-order valence-electron chi connectivity index (χ4n) is 1.89. The molecule has 16 heavy (non-hydrogen) atoms. The van der Waals surface area contributed by atoms with E-state index in [4.69, 9.17) is 0 Å². The van der Waals surface area contributed by atoms with Gasteiger partial charge >= 0.3 is 6.18 Å². The second kappa shape index (κ2) is 4.45. The van der Waals surface area contributed by atoms with Crippen LogP contribution in [0.15, 0.2) is 24.3 Å². The number of halogens is 3. The standard InChI is InChI=1S/C12H13F3N/c13-12(14,15)10-6-4-9(5-7-10)11-3-1-2-8-16-11/h1,4-7,11,16H,2-3,8H2. The Kier molecular flexibility index (Phi) is 3.19. The molecule has 0 spiro atoms. The number of hydrogen-bond donors (Lipinski definition) is 1. The monoisotopic (exact) mass is 228 g/mol. The van der Waals surface area contributed by atoms with Crippen molar-refractivity contribution >= 4 is 0 Å². The lowest BCUT2D eigenvalue weighted by Crippen LogP contribution is -2.27. The van der Waals surface area contributed by atoms with Gasteiger partial charge in [0.25, 0.3) is 0 Å². The van der Waals surface area contributed by atoms with Crippen LogP contribution in [0.1, 0.15) is 30.0 Å². The summed E-state index contributed by atoms with van der Waals surface area (Å²) in [5.41, 5.74) is 0.333. The van der Waals surface area contributed by atoms with Crippen molar-refractivity contribution in [2.75, 3.05) is 6.54 Å². The summed E-state index contributed by atoms with van der Waals surface area (Å²) >= 11 is 0. The maximum atomic E-state index is 12.3. The molecule has 0 amide bonds. The van der Waals surface area contributed by atoms with Gasteiger partial charge in [-0.1, -0.05) is 12.1 Å². The minimum absolute atomic E-state index is 0.163.